The molecule has 1 fully saturated rings. The van der Waals surface area contributed by atoms with Gasteiger partial charge in [0.15, 0.2) is 0 Å². The molecule has 1 heterocycles. The number of esters is 1. The van der Waals surface area contributed by atoms with Crippen LogP contribution in [0, 0.1) is 0 Å². The van der Waals surface area contributed by atoms with E-state index in [1.807, 2.05) is 0 Å². The minimum Gasteiger partial charge on any atom is -0.466 e. The molecule has 76 valence electrons. The molecule has 1 aliphatic rings. The molecule has 0 aliphatic carbocycles. The van der Waals surface area contributed by atoms with Crippen molar-refractivity contribution in [3.63, 3.8) is 0 Å². The molecule has 1 unspecified atom stereocenters. The van der Waals surface area contributed by atoms with Crippen LogP contribution in [-0.4, -0.2) is 32.3 Å². The molecule has 1 aliphatic heterocycles. The van der Waals surface area contributed by atoms with E-state index < -0.39 is 12.1 Å². The Morgan fingerprint density at radius 1 is 1.77 bits per heavy atom. The summed E-state index contributed by atoms with van der Waals surface area (Å²) in [7, 11) is 1.29. The van der Waals surface area contributed by atoms with Gasteiger partial charge in [-0.05, 0) is 18.5 Å². The highest BCUT2D eigenvalue weighted by molar-refractivity contribution is 5.85. The number of hydrogen-bond acceptors (Lipinski definition) is 3. The monoisotopic (exact) mass is 209 g/mol. The zero-order chi connectivity index (χ0) is 8.97. The van der Waals surface area contributed by atoms with E-state index in [1.54, 1.807) is 0 Å². The molecule has 0 amide bonds. The molecule has 13 heavy (non-hydrogen) atoms. The average Bonchev–Trinajstić information content (AvgIpc) is 2.09. The van der Waals surface area contributed by atoms with E-state index in [-0.39, 0.29) is 12.4 Å². The van der Waals surface area contributed by atoms with Gasteiger partial charge in [0.1, 0.15) is 6.17 Å². The van der Waals surface area contributed by atoms with Crippen LogP contribution in [0.5, 0.6) is 0 Å². The first-order valence-corrected chi connectivity index (χ1v) is 3.87. The zero-order valence-corrected chi connectivity index (χ0v) is 8.20. The lowest BCUT2D eigenvalue weighted by Crippen LogP contribution is -2.33. The predicted molar refractivity (Wildman–Crippen MR) is 49.7 cm³/mol. The number of alkyl halides is 1. The van der Waals surface area contributed by atoms with Crippen molar-refractivity contribution < 1.29 is 13.9 Å². The van der Waals surface area contributed by atoms with Gasteiger partial charge < -0.3 is 10.1 Å². The molecule has 0 aromatic heterocycles. The molecular formula is C8H13ClFNO2. The van der Waals surface area contributed by atoms with E-state index in [0.29, 0.717) is 18.5 Å². The number of piperidine rings is 1. The smallest absolute Gasteiger partial charge is 0.330 e. The lowest BCUT2D eigenvalue weighted by atomic mass is 10.0. The summed E-state index contributed by atoms with van der Waals surface area (Å²) < 4.78 is 17.4. The van der Waals surface area contributed by atoms with Crippen molar-refractivity contribution in [2.75, 3.05) is 20.2 Å². The van der Waals surface area contributed by atoms with Crippen LogP contribution in [0.25, 0.3) is 0 Å². The first-order chi connectivity index (χ1) is 5.74. The number of ether oxygens (including phenoxy) is 1. The summed E-state index contributed by atoms with van der Waals surface area (Å²) in [5, 5.41) is 2.89. The molecule has 5 heteroatoms. The molecule has 1 saturated heterocycles. The van der Waals surface area contributed by atoms with Crippen molar-refractivity contribution in [2.45, 2.75) is 12.6 Å². The quantitative estimate of drug-likeness (QED) is 0.514. The predicted octanol–water partition coefficient (Wildman–Crippen LogP) is 0.839. The molecular weight excluding hydrogens is 197 g/mol. The lowest BCUT2D eigenvalue weighted by molar-refractivity contribution is -0.134. The Kier molecular flexibility index (Phi) is 5.66. The molecule has 0 bridgehead atoms. The van der Waals surface area contributed by atoms with Gasteiger partial charge in [0.05, 0.1) is 7.11 Å². The van der Waals surface area contributed by atoms with E-state index >= 15 is 0 Å². The Morgan fingerprint density at radius 3 is 3.00 bits per heavy atom. The number of rotatable bonds is 1. The van der Waals surface area contributed by atoms with Crippen molar-refractivity contribution in [1.82, 2.24) is 5.32 Å². The highest BCUT2D eigenvalue weighted by Crippen LogP contribution is 2.14. The van der Waals surface area contributed by atoms with Gasteiger partial charge in [-0.1, -0.05) is 0 Å². The maximum Gasteiger partial charge on any atom is 0.330 e. The third kappa shape index (κ3) is 3.74. The van der Waals surface area contributed by atoms with Gasteiger partial charge in [-0.25, -0.2) is 9.18 Å². The largest absolute Gasteiger partial charge is 0.466 e. The van der Waals surface area contributed by atoms with Crippen LogP contribution in [0.15, 0.2) is 11.6 Å². The Balaban J connectivity index is 0.00000144. The molecule has 0 spiro atoms. The number of carbonyl (C=O) groups excluding carboxylic acids is 1. The summed E-state index contributed by atoms with van der Waals surface area (Å²) in [6, 6.07) is 0. The van der Waals surface area contributed by atoms with Gasteiger partial charge in [-0.15, -0.1) is 12.4 Å². The maximum absolute atomic E-state index is 13.0. The van der Waals surface area contributed by atoms with Crippen molar-refractivity contribution in [1.29, 1.82) is 0 Å². The first kappa shape index (κ1) is 12.4. The first-order valence-electron chi connectivity index (χ1n) is 3.87. The molecule has 0 aromatic carbocycles. The Hall–Kier alpha value is -0.610. The topological polar surface area (TPSA) is 38.3 Å². The van der Waals surface area contributed by atoms with E-state index in [4.69, 9.17) is 0 Å². The minimum absolute atomic E-state index is 0. The van der Waals surface area contributed by atoms with Gasteiger partial charge in [0.2, 0.25) is 0 Å². The molecule has 1 atom stereocenters. The normalized spacial score (nSPS) is 25.1. The van der Waals surface area contributed by atoms with Gasteiger partial charge in [0.25, 0.3) is 0 Å². The van der Waals surface area contributed by atoms with Crippen molar-refractivity contribution >= 4 is 18.4 Å². The number of halogens is 2. The van der Waals surface area contributed by atoms with Gasteiger partial charge >= 0.3 is 5.97 Å². The second-order valence-corrected chi connectivity index (χ2v) is 2.66. The fourth-order valence-electron chi connectivity index (χ4n) is 1.12. The highest BCUT2D eigenvalue weighted by Gasteiger charge is 2.18. The minimum atomic E-state index is -1.04. The van der Waals surface area contributed by atoms with Gasteiger partial charge in [-0.3, -0.25) is 0 Å². The summed E-state index contributed by atoms with van der Waals surface area (Å²) in [4.78, 5) is 10.7. The van der Waals surface area contributed by atoms with Crippen LogP contribution < -0.4 is 5.32 Å². The Bertz CT molecular complexity index is 208. The molecule has 0 aromatic rings. The van der Waals surface area contributed by atoms with Gasteiger partial charge in [0, 0.05) is 12.6 Å². The third-order valence-electron chi connectivity index (χ3n) is 1.82. The molecule has 0 radical (unpaired) electrons. The summed E-state index contributed by atoms with van der Waals surface area (Å²) in [6.45, 7) is 1.02. The summed E-state index contributed by atoms with van der Waals surface area (Å²) in [6.07, 6.45) is 0.778. The van der Waals surface area contributed by atoms with Crippen LogP contribution in [0.3, 0.4) is 0 Å². The van der Waals surface area contributed by atoms with Crippen LogP contribution >= 0.6 is 12.4 Å². The van der Waals surface area contributed by atoms with Crippen molar-refractivity contribution in [3.05, 3.63) is 11.6 Å². The number of hydrogen-bond donors (Lipinski definition) is 1. The van der Waals surface area contributed by atoms with Crippen molar-refractivity contribution in [2.24, 2.45) is 0 Å². The van der Waals surface area contributed by atoms with E-state index in [9.17, 15) is 9.18 Å². The summed E-state index contributed by atoms with van der Waals surface area (Å²) in [5.74, 6) is -0.477. The lowest BCUT2D eigenvalue weighted by Gasteiger charge is -2.19. The molecule has 1 rings (SSSR count). The standard InChI is InChI=1S/C8H12FNO2.ClH/c1-12-8(11)4-6-2-3-10-5-7(6)9;/h4,7,10H,2-3,5H2,1H3;1H/b6-4-;. The Labute approximate surface area is 82.7 Å². The van der Waals surface area contributed by atoms with E-state index in [1.165, 1.54) is 13.2 Å². The maximum atomic E-state index is 13.0. The fraction of sp³-hybridized carbons (Fsp3) is 0.625. The molecule has 1 N–H and O–H groups in total. The van der Waals surface area contributed by atoms with Crippen LogP contribution in [-0.2, 0) is 9.53 Å². The third-order valence-corrected chi connectivity index (χ3v) is 1.82. The second-order valence-electron chi connectivity index (χ2n) is 2.66. The molecule has 3 nitrogen and oxygen atoms in total. The summed E-state index contributed by atoms with van der Waals surface area (Å²) >= 11 is 0. The number of methoxy groups -OCH3 is 1. The second kappa shape index (κ2) is 5.94. The van der Waals surface area contributed by atoms with Crippen molar-refractivity contribution in [3.8, 4) is 0 Å². The number of carbonyl (C=O) groups is 1. The summed E-state index contributed by atoms with van der Waals surface area (Å²) in [5.41, 5.74) is 0.528. The molecule has 0 saturated carbocycles. The van der Waals surface area contributed by atoms with Crippen LogP contribution in [0.2, 0.25) is 0 Å². The van der Waals surface area contributed by atoms with Crippen LogP contribution in [0.4, 0.5) is 4.39 Å². The zero-order valence-electron chi connectivity index (χ0n) is 7.38. The van der Waals surface area contributed by atoms with Crippen LogP contribution in [0.1, 0.15) is 6.42 Å². The van der Waals surface area contributed by atoms with E-state index in [0.717, 1.165) is 6.54 Å². The average molecular weight is 210 g/mol. The number of nitrogens with one attached hydrogen (secondary N) is 1. The Morgan fingerprint density at radius 2 is 2.46 bits per heavy atom. The van der Waals surface area contributed by atoms with E-state index in [2.05, 4.69) is 10.1 Å². The highest BCUT2D eigenvalue weighted by atomic mass is 35.5. The van der Waals surface area contributed by atoms with Gasteiger partial charge in [-0.2, -0.15) is 0 Å². The SMILES string of the molecule is COC(=O)/C=C1/CCNCC1F.Cl. The fourth-order valence-corrected chi connectivity index (χ4v) is 1.12.